The number of nitrogens with zero attached hydrogens (tertiary/aromatic N) is 1. The number of carbonyl (C=O) groups excluding carboxylic acids is 1. The molecule has 3 heterocycles. The monoisotopic (exact) mass is 554 g/mol. The molecule has 5 aromatic rings. The van der Waals surface area contributed by atoms with Crippen molar-refractivity contribution in [3.05, 3.63) is 117 Å². The molecule has 0 spiro atoms. The van der Waals surface area contributed by atoms with Crippen molar-refractivity contribution >= 4 is 59.9 Å². The predicted octanol–water partition coefficient (Wildman–Crippen LogP) is 7.95. The smallest absolute Gasteiger partial charge is 0.200 e. The van der Waals surface area contributed by atoms with Crippen LogP contribution in [0.15, 0.2) is 99.9 Å². The summed E-state index contributed by atoms with van der Waals surface area (Å²) < 4.78 is 1.88. The zero-order chi connectivity index (χ0) is 22.3. The summed E-state index contributed by atoms with van der Waals surface area (Å²) in [6.45, 7) is 0. The van der Waals surface area contributed by atoms with Crippen LogP contribution in [0.1, 0.15) is 21.5 Å². The Bertz CT molecular complexity index is 1620. The minimum Gasteiger partial charge on any atom is -0.354 e. The first-order valence-electron chi connectivity index (χ1n) is 10.7. The van der Waals surface area contributed by atoms with Gasteiger partial charge in [-0.1, -0.05) is 80.4 Å². The molecule has 158 valence electrons. The van der Waals surface area contributed by atoms with Crippen molar-refractivity contribution in [2.45, 2.75) is 5.54 Å². The van der Waals surface area contributed by atoms with Gasteiger partial charge in [0.2, 0.25) is 0 Å². The number of aromatic amines is 1. The van der Waals surface area contributed by atoms with Crippen LogP contribution in [-0.4, -0.2) is 10.8 Å². The Labute approximate surface area is 207 Å². The number of hydrogen-bond acceptors (Lipinski definition) is 2. The van der Waals surface area contributed by atoms with Crippen LogP contribution in [-0.2, 0) is 5.54 Å². The van der Waals surface area contributed by atoms with E-state index in [1.807, 2.05) is 42.5 Å². The van der Waals surface area contributed by atoms with E-state index in [-0.39, 0.29) is 5.78 Å². The number of hydrogen-bond donors (Lipinski definition) is 1. The molecule has 5 heteroatoms. The molecule has 1 atom stereocenters. The number of aromatic nitrogens is 1. The minimum absolute atomic E-state index is 0.0848. The number of benzene rings is 4. The number of halogens is 2. The van der Waals surface area contributed by atoms with Gasteiger partial charge in [0.1, 0.15) is 0 Å². The Morgan fingerprint density at radius 2 is 1.42 bits per heavy atom. The fourth-order valence-corrected chi connectivity index (χ4v) is 6.33. The Morgan fingerprint density at radius 1 is 0.727 bits per heavy atom. The maximum atomic E-state index is 14.6. The van der Waals surface area contributed by atoms with E-state index in [0.29, 0.717) is 0 Å². The Kier molecular flexibility index (Phi) is 3.92. The lowest BCUT2D eigenvalue weighted by molar-refractivity contribution is 0.0931. The van der Waals surface area contributed by atoms with Gasteiger partial charge in [-0.05, 0) is 48.0 Å². The number of H-pyrrole nitrogens is 1. The third-order valence-electron chi connectivity index (χ3n) is 6.84. The summed E-state index contributed by atoms with van der Waals surface area (Å²) in [6.07, 6.45) is 0. The highest BCUT2D eigenvalue weighted by molar-refractivity contribution is 9.10. The number of ketones is 1. The van der Waals surface area contributed by atoms with Crippen molar-refractivity contribution in [3.63, 3.8) is 0 Å². The molecule has 0 radical (unpaired) electrons. The molecule has 3 nitrogen and oxygen atoms in total. The fraction of sp³-hybridized carbons (Fsp3) is 0.0357. The van der Waals surface area contributed by atoms with Crippen LogP contribution in [0.5, 0.6) is 0 Å². The van der Waals surface area contributed by atoms with E-state index in [9.17, 15) is 4.79 Å². The first-order chi connectivity index (χ1) is 16.1. The molecule has 2 aliphatic heterocycles. The van der Waals surface area contributed by atoms with Crippen molar-refractivity contribution in [1.82, 2.24) is 4.98 Å². The molecule has 0 bridgehead atoms. The van der Waals surface area contributed by atoms with Gasteiger partial charge in [0.05, 0.1) is 17.1 Å². The quantitative estimate of drug-likeness (QED) is 0.228. The average molecular weight is 556 g/mol. The lowest BCUT2D eigenvalue weighted by atomic mass is 9.74. The molecular weight excluding hydrogens is 540 g/mol. The second-order valence-electron chi connectivity index (χ2n) is 8.48. The molecule has 1 unspecified atom stereocenters. The van der Waals surface area contributed by atoms with E-state index in [1.165, 1.54) is 0 Å². The molecule has 7 rings (SSSR count). The average Bonchev–Trinajstić information content (AvgIpc) is 3.34. The van der Waals surface area contributed by atoms with E-state index in [1.54, 1.807) is 0 Å². The van der Waals surface area contributed by atoms with Gasteiger partial charge in [0, 0.05) is 36.5 Å². The summed E-state index contributed by atoms with van der Waals surface area (Å²) in [5.41, 5.74) is 6.73. The lowest BCUT2D eigenvalue weighted by Gasteiger charge is -2.44. The molecule has 0 saturated carbocycles. The number of carbonyl (C=O) groups is 1. The summed E-state index contributed by atoms with van der Waals surface area (Å²) >= 11 is 7.25. The van der Waals surface area contributed by atoms with E-state index in [2.05, 4.69) is 90.3 Å². The summed E-state index contributed by atoms with van der Waals surface area (Å²) in [5, 5.41) is 1.04. The van der Waals surface area contributed by atoms with Crippen LogP contribution in [0, 0.1) is 0 Å². The third kappa shape index (κ3) is 2.36. The third-order valence-corrected chi connectivity index (χ3v) is 7.82. The minimum atomic E-state index is -1.01. The van der Waals surface area contributed by atoms with E-state index in [4.69, 9.17) is 0 Å². The standard InChI is InChI=1S/C28H16Br2N2O/c29-17-10-12-22-20(14-17)25-26(31-22)19-8-4-5-9-23(19)32-24-13-11-18(30)15-21(24)27(33)28(25,32)16-6-2-1-3-7-16/h1-15,31H. The highest BCUT2D eigenvalue weighted by Crippen LogP contribution is 2.61. The second kappa shape index (κ2) is 6.69. The number of anilines is 2. The summed E-state index contributed by atoms with van der Waals surface area (Å²) in [4.78, 5) is 20.5. The molecule has 2 aliphatic rings. The molecule has 0 saturated heterocycles. The predicted molar refractivity (Wildman–Crippen MR) is 139 cm³/mol. The molecular formula is C28H16Br2N2O. The number of nitrogens with one attached hydrogen (secondary N) is 1. The molecule has 1 N–H and O–H groups in total. The van der Waals surface area contributed by atoms with E-state index >= 15 is 0 Å². The van der Waals surface area contributed by atoms with Crippen molar-refractivity contribution < 1.29 is 4.79 Å². The zero-order valence-electron chi connectivity index (χ0n) is 17.3. The molecule has 0 aliphatic carbocycles. The van der Waals surface area contributed by atoms with Crippen molar-refractivity contribution in [2.24, 2.45) is 0 Å². The summed E-state index contributed by atoms with van der Waals surface area (Å²) in [7, 11) is 0. The molecule has 0 amide bonds. The van der Waals surface area contributed by atoms with Crippen LogP contribution < -0.4 is 4.90 Å². The van der Waals surface area contributed by atoms with Crippen LogP contribution >= 0.6 is 31.9 Å². The number of fused-ring (bicyclic) bond motifs is 10. The van der Waals surface area contributed by atoms with E-state index in [0.717, 1.165) is 59.2 Å². The first kappa shape index (κ1) is 19.3. The maximum Gasteiger partial charge on any atom is 0.200 e. The molecule has 4 aromatic carbocycles. The number of Topliss-reactive ketones (excluding diaryl/α,β-unsaturated/α-hetero) is 1. The summed E-state index contributed by atoms with van der Waals surface area (Å²) in [5.74, 6) is 0.0848. The number of rotatable bonds is 1. The highest BCUT2D eigenvalue weighted by atomic mass is 79.9. The van der Waals surface area contributed by atoms with Gasteiger partial charge in [-0.15, -0.1) is 0 Å². The van der Waals surface area contributed by atoms with Gasteiger partial charge in [-0.2, -0.15) is 0 Å². The largest absolute Gasteiger partial charge is 0.354 e. The highest BCUT2D eigenvalue weighted by Gasteiger charge is 2.59. The maximum absolute atomic E-state index is 14.6. The van der Waals surface area contributed by atoms with Crippen molar-refractivity contribution in [2.75, 3.05) is 4.90 Å². The Balaban J connectivity index is 1.73. The SMILES string of the molecule is O=C1c2cc(Br)ccc2N2c3ccccc3-c3[nH]c4ccc(Br)cc4c3C12c1ccccc1. The Morgan fingerprint density at radius 3 is 2.27 bits per heavy atom. The van der Waals surface area contributed by atoms with Crippen LogP contribution in [0.25, 0.3) is 22.2 Å². The van der Waals surface area contributed by atoms with Gasteiger partial charge in [0.15, 0.2) is 11.3 Å². The lowest BCUT2D eigenvalue weighted by Crippen LogP contribution is -2.48. The molecule has 0 fully saturated rings. The van der Waals surface area contributed by atoms with Crippen LogP contribution in [0.3, 0.4) is 0 Å². The van der Waals surface area contributed by atoms with Gasteiger partial charge >= 0.3 is 0 Å². The van der Waals surface area contributed by atoms with Crippen molar-refractivity contribution in [3.8, 4) is 11.3 Å². The number of para-hydroxylation sites is 1. The Hall–Kier alpha value is -3.15. The molecule has 33 heavy (non-hydrogen) atoms. The fourth-order valence-electron chi connectivity index (χ4n) is 5.60. The molecule has 1 aromatic heterocycles. The topological polar surface area (TPSA) is 36.1 Å². The van der Waals surface area contributed by atoms with Gasteiger partial charge in [0.25, 0.3) is 0 Å². The zero-order valence-corrected chi connectivity index (χ0v) is 20.4. The van der Waals surface area contributed by atoms with Crippen LogP contribution in [0.2, 0.25) is 0 Å². The van der Waals surface area contributed by atoms with E-state index < -0.39 is 5.54 Å². The normalized spacial score (nSPS) is 18.1. The first-order valence-corrected chi connectivity index (χ1v) is 12.3. The second-order valence-corrected chi connectivity index (χ2v) is 10.3. The van der Waals surface area contributed by atoms with Gasteiger partial charge in [-0.3, -0.25) is 4.79 Å². The van der Waals surface area contributed by atoms with Crippen LogP contribution in [0.4, 0.5) is 11.4 Å². The van der Waals surface area contributed by atoms with Gasteiger partial charge in [-0.25, -0.2) is 0 Å². The van der Waals surface area contributed by atoms with Gasteiger partial charge < -0.3 is 9.88 Å². The van der Waals surface area contributed by atoms with Crippen molar-refractivity contribution in [1.29, 1.82) is 0 Å². The summed E-state index contributed by atoms with van der Waals surface area (Å²) in [6, 6.07) is 30.7.